The van der Waals surface area contributed by atoms with Crippen LogP contribution in [0.3, 0.4) is 0 Å². The molecule has 0 heterocycles. The summed E-state index contributed by atoms with van der Waals surface area (Å²) in [5.74, 6) is 1.93. The van der Waals surface area contributed by atoms with Crippen LogP contribution < -0.4 is 0 Å². The molecule has 0 unspecified atom stereocenters. The van der Waals surface area contributed by atoms with Crippen LogP contribution in [-0.4, -0.2) is 0 Å². The molecule has 1 aliphatic carbocycles. The predicted octanol–water partition coefficient (Wildman–Crippen LogP) is 4.69. The minimum Gasteiger partial charge on any atom is -0.0776 e. The van der Waals surface area contributed by atoms with E-state index in [0.29, 0.717) is 0 Å². The van der Waals surface area contributed by atoms with E-state index in [1.165, 1.54) is 37.7 Å². The zero-order valence-corrected chi connectivity index (χ0v) is 9.08. The molecule has 1 aliphatic rings. The average molecular weight is 204 g/mol. The highest BCUT2D eigenvalue weighted by Gasteiger charge is 2.17. The van der Waals surface area contributed by atoms with Gasteiger partial charge in [-0.3, -0.25) is 0 Å². The maximum atomic E-state index is 2.39. The van der Waals surface area contributed by atoms with Crippen LogP contribution in [0.5, 0.6) is 0 Å². The van der Waals surface area contributed by atoms with Gasteiger partial charge in [0.2, 0.25) is 0 Å². The van der Waals surface area contributed by atoms with E-state index in [4.69, 9.17) is 0 Å². The summed E-state index contributed by atoms with van der Waals surface area (Å²) in [6, 6.07) is 10.9. The molecule has 0 radical (unpaired) electrons. The van der Waals surface area contributed by atoms with Crippen molar-refractivity contribution in [3.05, 3.63) is 35.9 Å². The Morgan fingerprint density at radius 3 is 2.20 bits per heavy atom. The third kappa shape index (κ3) is 3.70. The Morgan fingerprint density at radius 2 is 1.60 bits per heavy atom. The van der Waals surface area contributed by atoms with Gasteiger partial charge >= 0.3 is 0 Å². The van der Waals surface area contributed by atoms with Crippen LogP contribution in [0.2, 0.25) is 0 Å². The molecule has 1 saturated carbocycles. The molecule has 0 bridgehead atoms. The standard InChI is InChI=1S/C14H20.CH4/c1-12-7-9-14(10-8-12)11-13-5-3-2-4-6-13;/h2-6,12,14H,7-11H2,1H3;1H4. The van der Waals surface area contributed by atoms with Crippen molar-refractivity contribution in [1.29, 1.82) is 0 Å². The Bertz CT molecular complexity index is 255. The van der Waals surface area contributed by atoms with Gasteiger partial charge in [0.25, 0.3) is 0 Å². The highest BCUT2D eigenvalue weighted by Crippen LogP contribution is 2.30. The highest BCUT2D eigenvalue weighted by atomic mass is 14.2. The summed E-state index contributed by atoms with van der Waals surface area (Å²) in [6.45, 7) is 2.39. The van der Waals surface area contributed by atoms with Gasteiger partial charge in [0.1, 0.15) is 0 Å². The molecular formula is C15H24. The quantitative estimate of drug-likeness (QED) is 0.655. The van der Waals surface area contributed by atoms with E-state index in [0.717, 1.165) is 11.8 Å². The van der Waals surface area contributed by atoms with Gasteiger partial charge in [0.15, 0.2) is 0 Å². The molecule has 1 fully saturated rings. The van der Waals surface area contributed by atoms with E-state index in [-0.39, 0.29) is 7.43 Å². The molecule has 0 atom stereocenters. The van der Waals surface area contributed by atoms with Crippen LogP contribution in [0.1, 0.15) is 45.6 Å². The highest BCUT2D eigenvalue weighted by molar-refractivity contribution is 5.15. The zero-order valence-electron chi connectivity index (χ0n) is 9.08. The second-order valence-corrected chi connectivity index (χ2v) is 4.82. The third-order valence-electron chi connectivity index (χ3n) is 3.50. The molecule has 0 amide bonds. The predicted molar refractivity (Wildman–Crippen MR) is 68.0 cm³/mol. The van der Waals surface area contributed by atoms with Gasteiger partial charge in [-0.05, 0) is 36.7 Å². The second-order valence-electron chi connectivity index (χ2n) is 4.82. The van der Waals surface area contributed by atoms with Gasteiger partial charge in [-0.1, -0.05) is 57.5 Å². The van der Waals surface area contributed by atoms with Crippen molar-refractivity contribution in [2.45, 2.75) is 46.5 Å². The summed E-state index contributed by atoms with van der Waals surface area (Å²) in [5, 5.41) is 0. The van der Waals surface area contributed by atoms with Crippen molar-refractivity contribution >= 4 is 0 Å². The lowest BCUT2D eigenvalue weighted by atomic mass is 9.80. The number of hydrogen-bond donors (Lipinski definition) is 0. The molecule has 15 heavy (non-hydrogen) atoms. The van der Waals surface area contributed by atoms with Gasteiger partial charge in [0.05, 0.1) is 0 Å². The average Bonchev–Trinajstić information content (AvgIpc) is 2.23. The maximum absolute atomic E-state index is 2.39. The Balaban J connectivity index is 0.00000112. The number of benzene rings is 1. The van der Waals surface area contributed by atoms with E-state index < -0.39 is 0 Å². The summed E-state index contributed by atoms with van der Waals surface area (Å²) >= 11 is 0. The van der Waals surface area contributed by atoms with E-state index in [2.05, 4.69) is 37.3 Å². The monoisotopic (exact) mass is 204 g/mol. The van der Waals surface area contributed by atoms with E-state index in [9.17, 15) is 0 Å². The first-order valence-electron chi connectivity index (χ1n) is 5.88. The van der Waals surface area contributed by atoms with E-state index in [1.807, 2.05) is 0 Å². The van der Waals surface area contributed by atoms with Crippen LogP contribution in [0.25, 0.3) is 0 Å². The Labute approximate surface area is 94.7 Å². The first-order valence-corrected chi connectivity index (χ1v) is 5.88. The Morgan fingerprint density at radius 1 is 1.00 bits per heavy atom. The Kier molecular flexibility index (Phi) is 4.87. The summed E-state index contributed by atoms with van der Waals surface area (Å²) in [5.41, 5.74) is 1.52. The summed E-state index contributed by atoms with van der Waals surface area (Å²) in [6.07, 6.45) is 7.06. The smallest absolute Gasteiger partial charge is 0.0250 e. The number of rotatable bonds is 2. The van der Waals surface area contributed by atoms with Crippen LogP contribution in [0.4, 0.5) is 0 Å². The molecule has 1 aromatic carbocycles. The van der Waals surface area contributed by atoms with E-state index in [1.54, 1.807) is 0 Å². The molecule has 1 aromatic rings. The fourth-order valence-corrected chi connectivity index (χ4v) is 2.48. The number of hydrogen-bond acceptors (Lipinski definition) is 0. The zero-order chi connectivity index (χ0) is 9.80. The molecule has 0 aliphatic heterocycles. The molecule has 0 N–H and O–H groups in total. The molecule has 0 heteroatoms. The van der Waals surface area contributed by atoms with Crippen molar-refractivity contribution in [2.24, 2.45) is 11.8 Å². The lowest BCUT2D eigenvalue weighted by Gasteiger charge is -2.26. The van der Waals surface area contributed by atoms with Crippen molar-refractivity contribution in [3.8, 4) is 0 Å². The molecule has 2 rings (SSSR count). The fourth-order valence-electron chi connectivity index (χ4n) is 2.48. The van der Waals surface area contributed by atoms with Gasteiger partial charge in [-0.25, -0.2) is 0 Å². The molecular weight excluding hydrogens is 180 g/mol. The van der Waals surface area contributed by atoms with Gasteiger partial charge in [0, 0.05) is 0 Å². The first kappa shape index (κ1) is 12.3. The van der Waals surface area contributed by atoms with Gasteiger partial charge in [-0.2, -0.15) is 0 Å². The van der Waals surface area contributed by atoms with Gasteiger partial charge in [-0.15, -0.1) is 0 Å². The van der Waals surface area contributed by atoms with Crippen LogP contribution >= 0.6 is 0 Å². The molecule has 0 aromatic heterocycles. The minimum absolute atomic E-state index is 0. The normalized spacial score (nSPS) is 25.7. The van der Waals surface area contributed by atoms with Crippen molar-refractivity contribution < 1.29 is 0 Å². The van der Waals surface area contributed by atoms with Crippen molar-refractivity contribution in [3.63, 3.8) is 0 Å². The largest absolute Gasteiger partial charge is 0.0776 e. The first-order chi connectivity index (χ1) is 6.84. The van der Waals surface area contributed by atoms with E-state index >= 15 is 0 Å². The van der Waals surface area contributed by atoms with Crippen molar-refractivity contribution in [2.75, 3.05) is 0 Å². The second kappa shape index (κ2) is 5.95. The van der Waals surface area contributed by atoms with Gasteiger partial charge < -0.3 is 0 Å². The molecule has 84 valence electrons. The maximum Gasteiger partial charge on any atom is -0.0250 e. The van der Waals surface area contributed by atoms with Crippen molar-refractivity contribution in [1.82, 2.24) is 0 Å². The Hall–Kier alpha value is -0.780. The molecule has 0 saturated heterocycles. The lowest BCUT2D eigenvalue weighted by molar-refractivity contribution is 0.289. The third-order valence-corrected chi connectivity index (χ3v) is 3.50. The minimum atomic E-state index is 0. The summed E-state index contributed by atoms with van der Waals surface area (Å²) in [7, 11) is 0. The lowest BCUT2D eigenvalue weighted by Crippen LogP contribution is -2.14. The molecule has 0 spiro atoms. The van der Waals surface area contributed by atoms with Crippen LogP contribution in [0.15, 0.2) is 30.3 Å². The molecule has 0 nitrogen and oxygen atoms in total. The SMILES string of the molecule is C.CC1CCC(Cc2ccccc2)CC1. The topological polar surface area (TPSA) is 0 Å². The fraction of sp³-hybridized carbons (Fsp3) is 0.600. The van der Waals surface area contributed by atoms with Crippen LogP contribution in [0, 0.1) is 11.8 Å². The van der Waals surface area contributed by atoms with Crippen LogP contribution in [-0.2, 0) is 6.42 Å². The summed E-state index contributed by atoms with van der Waals surface area (Å²) < 4.78 is 0. The summed E-state index contributed by atoms with van der Waals surface area (Å²) in [4.78, 5) is 0.